The molecule has 0 atom stereocenters. The zero-order chi connectivity index (χ0) is 15.5. The van der Waals surface area contributed by atoms with E-state index in [4.69, 9.17) is 11.6 Å². The summed E-state index contributed by atoms with van der Waals surface area (Å²) in [6.45, 7) is 8.66. The minimum absolute atomic E-state index is 0.279. The molecule has 0 saturated carbocycles. The molecule has 5 nitrogen and oxygen atoms in total. The first kappa shape index (κ1) is 17.5. The third-order valence-corrected chi connectivity index (χ3v) is 5.45. The number of aryl methyl sites for hydroxylation is 2. The normalized spacial score (nSPS) is 12.6. The molecular weight excluding hydrogens is 298 g/mol. The zero-order valence-corrected chi connectivity index (χ0v) is 14.4. The van der Waals surface area contributed by atoms with Crippen LogP contribution < -0.4 is 0 Å². The van der Waals surface area contributed by atoms with Crippen molar-refractivity contribution in [3.63, 3.8) is 0 Å². The zero-order valence-electron chi connectivity index (χ0n) is 12.9. The lowest BCUT2D eigenvalue weighted by molar-refractivity contribution is 0.416. The van der Waals surface area contributed by atoms with Gasteiger partial charge in [0, 0.05) is 26.0 Å². The molecule has 0 bridgehead atoms. The van der Waals surface area contributed by atoms with Gasteiger partial charge in [0.1, 0.15) is 4.90 Å². The summed E-state index contributed by atoms with van der Waals surface area (Å²) in [5.41, 5.74) is 1.23. The first-order valence-electron chi connectivity index (χ1n) is 6.78. The molecule has 116 valence electrons. The Balaban J connectivity index is 3.15. The molecule has 1 heterocycles. The van der Waals surface area contributed by atoms with Crippen LogP contribution in [0.4, 0.5) is 0 Å². The van der Waals surface area contributed by atoms with Crippen molar-refractivity contribution in [1.29, 1.82) is 0 Å². The van der Waals surface area contributed by atoms with Crippen LogP contribution in [0.2, 0.25) is 0 Å². The van der Waals surface area contributed by atoms with Crippen molar-refractivity contribution >= 4 is 21.6 Å². The van der Waals surface area contributed by atoms with E-state index in [0.29, 0.717) is 35.3 Å². The van der Waals surface area contributed by atoms with Gasteiger partial charge in [-0.05, 0) is 26.2 Å². The van der Waals surface area contributed by atoms with Crippen LogP contribution >= 0.6 is 11.6 Å². The summed E-state index contributed by atoms with van der Waals surface area (Å²) in [7, 11) is -1.87. The molecule has 0 aliphatic heterocycles. The second-order valence-electron chi connectivity index (χ2n) is 5.45. The lowest BCUT2D eigenvalue weighted by Gasteiger charge is -2.19. The molecule has 0 spiro atoms. The molecule has 0 aliphatic rings. The van der Waals surface area contributed by atoms with Crippen molar-refractivity contribution < 1.29 is 8.42 Å². The maximum absolute atomic E-state index is 12.6. The van der Waals surface area contributed by atoms with E-state index in [1.165, 1.54) is 4.31 Å². The van der Waals surface area contributed by atoms with Gasteiger partial charge < -0.3 is 0 Å². The number of rotatable bonds is 7. The molecule has 1 rings (SSSR count). The van der Waals surface area contributed by atoms with Crippen LogP contribution in [0, 0.1) is 19.8 Å². The average molecular weight is 322 g/mol. The van der Waals surface area contributed by atoms with Gasteiger partial charge in [-0.25, -0.2) is 12.7 Å². The van der Waals surface area contributed by atoms with Gasteiger partial charge in [-0.2, -0.15) is 5.10 Å². The quantitative estimate of drug-likeness (QED) is 0.725. The Bertz CT molecular complexity index is 552. The third-order valence-electron chi connectivity index (χ3n) is 3.11. The van der Waals surface area contributed by atoms with Crippen molar-refractivity contribution in [3.05, 3.63) is 11.4 Å². The SMILES string of the molecule is Cc1nn(CCCCl)c(C)c1S(=O)(=O)N(C)CC(C)C. The maximum Gasteiger partial charge on any atom is 0.246 e. The highest BCUT2D eigenvalue weighted by Crippen LogP contribution is 2.23. The fourth-order valence-electron chi connectivity index (χ4n) is 2.25. The third kappa shape index (κ3) is 3.74. The molecule has 1 aromatic heterocycles. The van der Waals surface area contributed by atoms with Crippen molar-refractivity contribution in [1.82, 2.24) is 14.1 Å². The lowest BCUT2D eigenvalue weighted by Crippen LogP contribution is -2.31. The Morgan fingerprint density at radius 3 is 2.45 bits per heavy atom. The van der Waals surface area contributed by atoms with Crippen LogP contribution in [0.3, 0.4) is 0 Å². The Hall–Kier alpha value is -0.590. The molecule has 0 N–H and O–H groups in total. The lowest BCUT2D eigenvalue weighted by atomic mass is 10.2. The standard InChI is InChI=1S/C13H24ClN3O2S/c1-10(2)9-16(5)20(18,19)13-11(3)15-17(12(13)4)8-6-7-14/h10H,6-9H2,1-5H3. The number of hydrogen-bond donors (Lipinski definition) is 0. The molecular formula is C13H24ClN3O2S. The van der Waals surface area contributed by atoms with Crippen LogP contribution in [-0.4, -0.2) is 42.0 Å². The van der Waals surface area contributed by atoms with E-state index in [2.05, 4.69) is 5.10 Å². The summed E-state index contributed by atoms with van der Waals surface area (Å²) >= 11 is 5.68. The average Bonchev–Trinajstić information content (AvgIpc) is 2.61. The molecule has 0 fully saturated rings. The summed E-state index contributed by atoms with van der Waals surface area (Å²) in [5.74, 6) is 0.815. The van der Waals surface area contributed by atoms with Crippen LogP contribution in [0.15, 0.2) is 4.90 Å². The minimum atomic E-state index is -3.48. The highest BCUT2D eigenvalue weighted by atomic mass is 35.5. The van der Waals surface area contributed by atoms with Gasteiger partial charge in [0.25, 0.3) is 0 Å². The van der Waals surface area contributed by atoms with E-state index in [-0.39, 0.29) is 5.92 Å². The fraction of sp³-hybridized carbons (Fsp3) is 0.769. The topological polar surface area (TPSA) is 55.2 Å². The van der Waals surface area contributed by atoms with Crippen molar-refractivity contribution in [3.8, 4) is 0 Å². The Labute approximate surface area is 127 Å². The highest BCUT2D eigenvalue weighted by molar-refractivity contribution is 7.89. The van der Waals surface area contributed by atoms with Gasteiger partial charge in [-0.15, -0.1) is 11.6 Å². The van der Waals surface area contributed by atoms with Gasteiger partial charge in [0.05, 0.1) is 11.4 Å². The van der Waals surface area contributed by atoms with Gasteiger partial charge >= 0.3 is 0 Å². The molecule has 0 amide bonds. The Kier molecular flexibility index (Phi) is 6.04. The molecule has 0 saturated heterocycles. The highest BCUT2D eigenvalue weighted by Gasteiger charge is 2.28. The number of alkyl halides is 1. The molecule has 0 unspecified atom stereocenters. The fourth-order valence-corrected chi connectivity index (χ4v) is 4.07. The number of sulfonamides is 1. The molecule has 0 aliphatic carbocycles. The molecule has 0 radical (unpaired) electrons. The predicted octanol–water partition coefficient (Wildman–Crippen LogP) is 2.41. The number of hydrogen-bond acceptors (Lipinski definition) is 3. The summed E-state index contributed by atoms with van der Waals surface area (Å²) in [6, 6.07) is 0. The Morgan fingerprint density at radius 1 is 1.35 bits per heavy atom. The van der Waals surface area contributed by atoms with Crippen molar-refractivity contribution in [2.45, 2.75) is 45.6 Å². The van der Waals surface area contributed by atoms with Gasteiger partial charge in [-0.1, -0.05) is 13.8 Å². The molecule has 1 aromatic rings. The first-order chi connectivity index (χ1) is 9.21. The summed E-state index contributed by atoms with van der Waals surface area (Å²) in [4.78, 5) is 0.329. The van der Waals surface area contributed by atoms with E-state index in [1.54, 1.807) is 25.6 Å². The van der Waals surface area contributed by atoms with Gasteiger partial charge in [0.2, 0.25) is 10.0 Å². The van der Waals surface area contributed by atoms with E-state index in [1.807, 2.05) is 13.8 Å². The number of nitrogens with zero attached hydrogens (tertiary/aromatic N) is 3. The summed E-state index contributed by atoms with van der Waals surface area (Å²) in [6.07, 6.45) is 0.769. The predicted molar refractivity (Wildman–Crippen MR) is 81.7 cm³/mol. The van der Waals surface area contributed by atoms with E-state index < -0.39 is 10.0 Å². The summed E-state index contributed by atoms with van der Waals surface area (Å²) in [5, 5.41) is 4.33. The number of halogens is 1. The van der Waals surface area contributed by atoms with Crippen LogP contribution in [-0.2, 0) is 16.6 Å². The van der Waals surface area contributed by atoms with E-state index in [9.17, 15) is 8.42 Å². The van der Waals surface area contributed by atoms with Gasteiger partial charge in [0.15, 0.2) is 0 Å². The molecule has 0 aromatic carbocycles. The maximum atomic E-state index is 12.6. The largest absolute Gasteiger partial charge is 0.268 e. The minimum Gasteiger partial charge on any atom is -0.268 e. The first-order valence-corrected chi connectivity index (χ1v) is 8.75. The van der Waals surface area contributed by atoms with Crippen LogP contribution in [0.1, 0.15) is 31.7 Å². The molecule has 7 heteroatoms. The van der Waals surface area contributed by atoms with Crippen LogP contribution in [0.5, 0.6) is 0 Å². The second kappa shape index (κ2) is 6.91. The van der Waals surface area contributed by atoms with Crippen molar-refractivity contribution in [2.75, 3.05) is 19.5 Å². The molecule has 20 heavy (non-hydrogen) atoms. The monoisotopic (exact) mass is 321 g/mol. The van der Waals surface area contributed by atoms with E-state index >= 15 is 0 Å². The van der Waals surface area contributed by atoms with Crippen molar-refractivity contribution in [2.24, 2.45) is 5.92 Å². The Morgan fingerprint density at radius 2 is 1.95 bits per heavy atom. The van der Waals surface area contributed by atoms with Gasteiger partial charge in [-0.3, -0.25) is 4.68 Å². The second-order valence-corrected chi connectivity index (χ2v) is 7.80. The van der Waals surface area contributed by atoms with E-state index in [0.717, 1.165) is 6.42 Å². The van der Waals surface area contributed by atoms with Crippen LogP contribution in [0.25, 0.3) is 0 Å². The summed E-state index contributed by atoms with van der Waals surface area (Å²) < 4.78 is 28.4. The smallest absolute Gasteiger partial charge is 0.246 e. The number of aromatic nitrogens is 2.